The summed E-state index contributed by atoms with van der Waals surface area (Å²) in [5, 5.41) is 9.93. The molecule has 0 atom stereocenters. The minimum absolute atomic E-state index is 0.236. The van der Waals surface area contributed by atoms with Crippen LogP contribution in [-0.2, 0) is 6.61 Å². The van der Waals surface area contributed by atoms with Crippen molar-refractivity contribution in [3.05, 3.63) is 75.8 Å². The van der Waals surface area contributed by atoms with Crippen molar-refractivity contribution in [2.75, 3.05) is 12.5 Å². The predicted molar refractivity (Wildman–Crippen MR) is 102 cm³/mol. The molecule has 0 spiro atoms. The number of methoxy groups -OCH3 is 1. The molecule has 0 radical (unpaired) electrons. The Morgan fingerprint density at radius 2 is 2.11 bits per heavy atom. The number of ether oxygens (including phenoxy) is 2. The van der Waals surface area contributed by atoms with Gasteiger partial charge in [0.15, 0.2) is 17.3 Å². The monoisotopic (exact) mass is 365 g/mol. The molecule has 0 saturated heterocycles. The molecule has 0 bridgehead atoms. The number of aryl methyl sites for hydroxylation is 1. The van der Waals surface area contributed by atoms with Crippen molar-refractivity contribution in [3.63, 3.8) is 0 Å². The van der Waals surface area contributed by atoms with Crippen molar-refractivity contribution < 1.29 is 9.47 Å². The van der Waals surface area contributed by atoms with Gasteiger partial charge in [0, 0.05) is 5.56 Å². The lowest BCUT2D eigenvalue weighted by atomic mass is 10.1. The van der Waals surface area contributed by atoms with E-state index in [4.69, 9.17) is 9.47 Å². The van der Waals surface area contributed by atoms with Crippen LogP contribution in [0.25, 0.3) is 0 Å². The Kier molecular flexibility index (Phi) is 5.78. The first-order valence-corrected chi connectivity index (χ1v) is 8.22. The Morgan fingerprint density at radius 1 is 1.26 bits per heavy atom. The molecule has 0 aliphatic heterocycles. The maximum absolute atomic E-state index is 11.1. The van der Waals surface area contributed by atoms with Crippen LogP contribution in [0.1, 0.15) is 16.7 Å². The standard InChI is InChI=1S/C19H19N5O3/c1-13-5-3-6-14(9-13)12-27-18-15(7-4-8-16(18)26-2)10-20-23-17-11-21-24-19(25)22-17/h3-11H,12H2,1-2H3,(H2,22,23,24,25)/b20-10+. The number of para-hydroxylation sites is 1. The number of benzene rings is 2. The van der Waals surface area contributed by atoms with Crippen molar-refractivity contribution in [2.45, 2.75) is 13.5 Å². The summed E-state index contributed by atoms with van der Waals surface area (Å²) < 4.78 is 11.4. The van der Waals surface area contributed by atoms with Crippen LogP contribution in [0, 0.1) is 6.92 Å². The van der Waals surface area contributed by atoms with Gasteiger partial charge in [0.1, 0.15) is 6.61 Å². The highest BCUT2D eigenvalue weighted by molar-refractivity contribution is 5.85. The Balaban J connectivity index is 1.78. The van der Waals surface area contributed by atoms with Crippen LogP contribution in [-0.4, -0.2) is 28.5 Å². The maximum atomic E-state index is 11.1. The molecule has 138 valence electrons. The van der Waals surface area contributed by atoms with Gasteiger partial charge in [-0.05, 0) is 24.6 Å². The van der Waals surface area contributed by atoms with Gasteiger partial charge in [-0.25, -0.2) is 9.89 Å². The highest BCUT2D eigenvalue weighted by Gasteiger charge is 2.10. The van der Waals surface area contributed by atoms with Crippen LogP contribution in [0.3, 0.4) is 0 Å². The summed E-state index contributed by atoms with van der Waals surface area (Å²) in [6.07, 6.45) is 2.93. The molecular formula is C19H19N5O3. The molecule has 3 aromatic rings. The van der Waals surface area contributed by atoms with Gasteiger partial charge in [0.2, 0.25) is 0 Å². The molecule has 0 saturated carbocycles. The molecule has 2 N–H and O–H groups in total. The molecule has 3 rings (SSSR count). The quantitative estimate of drug-likeness (QED) is 0.493. The second kappa shape index (κ2) is 8.61. The summed E-state index contributed by atoms with van der Waals surface area (Å²) in [7, 11) is 1.58. The fraction of sp³-hybridized carbons (Fsp3) is 0.158. The molecular weight excluding hydrogens is 346 g/mol. The number of H-pyrrole nitrogens is 1. The number of hydrazone groups is 1. The Hall–Kier alpha value is -3.68. The fourth-order valence-corrected chi connectivity index (χ4v) is 2.44. The molecule has 1 heterocycles. The lowest BCUT2D eigenvalue weighted by Gasteiger charge is -2.13. The summed E-state index contributed by atoms with van der Waals surface area (Å²) in [6, 6.07) is 13.6. The van der Waals surface area contributed by atoms with Crippen molar-refractivity contribution in [1.29, 1.82) is 0 Å². The van der Waals surface area contributed by atoms with Gasteiger partial charge < -0.3 is 9.47 Å². The number of hydrogen-bond acceptors (Lipinski definition) is 7. The van der Waals surface area contributed by atoms with Gasteiger partial charge in [0.05, 0.1) is 19.5 Å². The van der Waals surface area contributed by atoms with Crippen LogP contribution >= 0.6 is 0 Å². The van der Waals surface area contributed by atoms with Crippen LogP contribution in [0.5, 0.6) is 11.5 Å². The SMILES string of the molecule is COc1cccc(/C=N/Nc2cn[nH]c(=O)n2)c1OCc1cccc(C)c1. The summed E-state index contributed by atoms with van der Waals surface area (Å²) >= 11 is 0. The van der Waals surface area contributed by atoms with Gasteiger partial charge in [-0.15, -0.1) is 0 Å². The predicted octanol–water partition coefficient (Wildman–Crippen LogP) is 2.51. The average Bonchev–Trinajstić information content (AvgIpc) is 2.67. The van der Waals surface area contributed by atoms with E-state index in [1.165, 1.54) is 11.8 Å². The van der Waals surface area contributed by atoms with Crippen molar-refractivity contribution in [1.82, 2.24) is 15.2 Å². The first-order valence-electron chi connectivity index (χ1n) is 8.22. The number of nitrogens with one attached hydrogen (secondary N) is 2. The van der Waals surface area contributed by atoms with Crippen molar-refractivity contribution >= 4 is 12.0 Å². The number of hydrogen-bond donors (Lipinski definition) is 2. The highest BCUT2D eigenvalue weighted by atomic mass is 16.5. The molecule has 1 aromatic heterocycles. The lowest BCUT2D eigenvalue weighted by molar-refractivity contribution is 0.284. The smallest absolute Gasteiger partial charge is 0.363 e. The van der Waals surface area contributed by atoms with Gasteiger partial charge in [0.25, 0.3) is 0 Å². The minimum atomic E-state index is -0.557. The maximum Gasteiger partial charge on any atom is 0.363 e. The number of aromatic amines is 1. The van der Waals surface area contributed by atoms with E-state index >= 15 is 0 Å². The number of nitrogens with zero attached hydrogens (tertiary/aromatic N) is 3. The normalized spacial score (nSPS) is 10.7. The number of rotatable bonds is 7. The Bertz CT molecular complexity index is 1000. The Morgan fingerprint density at radius 3 is 2.89 bits per heavy atom. The fourth-order valence-electron chi connectivity index (χ4n) is 2.44. The van der Waals surface area contributed by atoms with Crippen LogP contribution < -0.4 is 20.6 Å². The van der Waals surface area contributed by atoms with Gasteiger partial charge in [-0.3, -0.25) is 5.43 Å². The lowest BCUT2D eigenvalue weighted by Crippen LogP contribution is -2.13. The topological polar surface area (TPSA) is 101 Å². The molecule has 0 fully saturated rings. The zero-order valence-corrected chi connectivity index (χ0v) is 15.0. The minimum Gasteiger partial charge on any atom is -0.493 e. The first-order chi connectivity index (χ1) is 13.2. The summed E-state index contributed by atoms with van der Waals surface area (Å²) in [5.41, 5.74) is 5.04. The molecule has 0 unspecified atom stereocenters. The first kappa shape index (κ1) is 18.1. The van der Waals surface area contributed by atoms with E-state index in [9.17, 15) is 4.79 Å². The van der Waals surface area contributed by atoms with Gasteiger partial charge in [-0.1, -0.05) is 35.9 Å². The number of aromatic nitrogens is 3. The zero-order chi connectivity index (χ0) is 19.1. The van der Waals surface area contributed by atoms with E-state index in [2.05, 4.69) is 31.8 Å². The van der Waals surface area contributed by atoms with Gasteiger partial charge >= 0.3 is 5.69 Å². The third-order valence-electron chi connectivity index (χ3n) is 3.65. The molecule has 2 aromatic carbocycles. The molecule has 0 aliphatic carbocycles. The zero-order valence-electron chi connectivity index (χ0n) is 15.0. The van der Waals surface area contributed by atoms with E-state index in [0.29, 0.717) is 23.7 Å². The third kappa shape index (κ3) is 4.91. The van der Waals surface area contributed by atoms with E-state index in [0.717, 1.165) is 5.56 Å². The second-order valence-electron chi connectivity index (χ2n) is 5.70. The van der Waals surface area contributed by atoms with E-state index in [1.54, 1.807) is 13.3 Å². The second-order valence-corrected chi connectivity index (χ2v) is 5.70. The van der Waals surface area contributed by atoms with Gasteiger partial charge in [-0.2, -0.15) is 15.2 Å². The number of anilines is 1. The third-order valence-corrected chi connectivity index (χ3v) is 3.65. The van der Waals surface area contributed by atoms with E-state index in [-0.39, 0.29) is 5.82 Å². The van der Waals surface area contributed by atoms with Crippen molar-refractivity contribution in [2.24, 2.45) is 5.10 Å². The largest absolute Gasteiger partial charge is 0.493 e. The molecule has 8 nitrogen and oxygen atoms in total. The van der Waals surface area contributed by atoms with Crippen LogP contribution in [0.15, 0.2) is 58.6 Å². The summed E-state index contributed by atoms with van der Waals surface area (Å²) in [6.45, 7) is 2.43. The molecule has 0 aliphatic rings. The Labute approximate surface area is 155 Å². The van der Waals surface area contributed by atoms with Crippen LogP contribution in [0.4, 0.5) is 5.82 Å². The molecule has 0 amide bonds. The average molecular weight is 365 g/mol. The van der Waals surface area contributed by atoms with Crippen LogP contribution in [0.2, 0.25) is 0 Å². The molecule has 27 heavy (non-hydrogen) atoms. The molecule has 8 heteroatoms. The summed E-state index contributed by atoms with van der Waals surface area (Å²) in [4.78, 5) is 14.8. The highest BCUT2D eigenvalue weighted by Crippen LogP contribution is 2.31. The van der Waals surface area contributed by atoms with E-state index < -0.39 is 5.69 Å². The summed E-state index contributed by atoms with van der Waals surface area (Å²) in [5.74, 6) is 1.41. The van der Waals surface area contributed by atoms with E-state index in [1.807, 2.05) is 43.3 Å². The van der Waals surface area contributed by atoms with Crippen molar-refractivity contribution in [3.8, 4) is 11.5 Å².